The van der Waals surface area contributed by atoms with Crippen molar-refractivity contribution < 1.29 is 9.18 Å². The molecule has 0 atom stereocenters. The van der Waals surface area contributed by atoms with Gasteiger partial charge in [-0.25, -0.2) is 9.07 Å². The van der Waals surface area contributed by atoms with Crippen LogP contribution in [0.15, 0.2) is 35.1 Å². The zero-order chi connectivity index (χ0) is 16.4. The van der Waals surface area contributed by atoms with E-state index >= 15 is 0 Å². The van der Waals surface area contributed by atoms with E-state index in [4.69, 9.17) is 0 Å². The van der Waals surface area contributed by atoms with Crippen molar-refractivity contribution in [2.45, 2.75) is 32.2 Å². The number of carbonyl (C=O) groups excluding carboxylic acids is 1. The highest BCUT2D eigenvalue weighted by molar-refractivity contribution is 5.94. The molecule has 0 spiro atoms. The molecule has 3 rings (SSSR count). The number of aryl methyl sites for hydroxylation is 1. The molecule has 1 aromatic carbocycles. The van der Waals surface area contributed by atoms with Crippen molar-refractivity contribution >= 4 is 5.91 Å². The van der Waals surface area contributed by atoms with Gasteiger partial charge in [0.15, 0.2) is 0 Å². The lowest BCUT2D eigenvalue weighted by Crippen LogP contribution is -2.32. The molecule has 5 nitrogen and oxygen atoms in total. The smallest absolute Gasteiger partial charge is 0.266 e. The Kier molecular flexibility index (Phi) is 4.23. The van der Waals surface area contributed by atoms with Gasteiger partial charge in [-0.1, -0.05) is 6.07 Å². The molecule has 1 amide bonds. The Morgan fingerprint density at radius 2 is 2.13 bits per heavy atom. The minimum Gasteiger partial charge on any atom is -0.350 e. The number of rotatable bonds is 5. The number of nitrogens with one attached hydrogen (secondary N) is 1. The first-order valence-corrected chi connectivity index (χ1v) is 7.67. The van der Waals surface area contributed by atoms with E-state index in [1.54, 1.807) is 25.1 Å². The zero-order valence-corrected chi connectivity index (χ0v) is 12.9. The molecule has 0 radical (unpaired) electrons. The quantitative estimate of drug-likeness (QED) is 0.918. The fourth-order valence-corrected chi connectivity index (χ4v) is 2.33. The van der Waals surface area contributed by atoms with E-state index in [-0.39, 0.29) is 23.6 Å². The summed E-state index contributed by atoms with van der Waals surface area (Å²) in [6.07, 6.45) is 2.22. The van der Waals surface area contributed by atoms with Crippen LogP contribution in [0.3, 0.4) is 0 Å². The minimum absolute atomic E-state index is 0.190. The van der Waals surface area contributed by atoms with Crippen LogP contribution in [-0.2, 0) is 6.54 Å². The predicted molar refractivity (Wildman–Crippen MR) is 83.9 cm³/mol. The SMILES string of the molecule is Cc1ccc(C(=O)NCCn2nc(C3CC3)ccc2=O)cc1F. The van der Waals surface area contributed by atoms with E-state index in [2.05, 4.69) is 10.4 Å². The van der Waals surface area contributed by atoms with Crippen LogP contribution in [0.2, 0.25) is 0 Å². The monoisotopic (exact) mass is 315 g/mol. The van der Waals surface area contributed by atoms with Gasteiger partial charge in [-0.3, -0.25) is 9.59 Å². The van der Waals surface area contributed by atoms with E-state index in [9.17, 15) is 14.0 Å². The van der Waals surface area contributed by atoms with Crippen molar-refractivity contribution in [1.82, 2.24) is 15.1 Å². The number of aromatic nitrogens is 2. The van der Waals surface area contributed by atoms with Gasteiger partial charge in [0.25, 0.3) is 11.5 Å². The summed E-state index contributed by atoms with van der Waals surface area (Å²) >= 11 is 0. The van der Waals surface area contributed by atoms with Crippen molar-refractivity contribution in [3.8, 4) is 0 Å². The molecule has 0 aliphatic heterocycles. The van der Waals surface area contributed by atoms with Gasteiger partial charge < -0.3 is 5.32 Å². The van der Waals surface area contributed by atoms with Crippen LogP contribution in [-0.4, -0.2) is 22.2 Å². The summed E-state index contributed by atoms with van der Waals surface area (Å²) in [4.78, 5) is 23.8. The Bertz CT molecular complexity index is 797. The Labute approximate surface area is 133 Å². The van der Waals surface area contributed by atoms with E-state index in [0.29, 0.717) is 18.0 Å². The fraction of sp³-hybridized carbons (Fsp3) is 0.353. The standard InChI is InChI=1S/C17H18FN3O2/c1-11-2-3-13(10-14(11)18)17(23)19-8-9-21-16(22)7-6-15(20-21)12-4-5-12/h2-3,6-7,10,12H,4-5,8-9H2,1H3,(H,19,23). The van der Waals surface area contributed by atoms with Crippen LogP contribution in [0.1, 0.15) is 40.4 Å². The summed E-state index contributed by atoms with van der Waals surface area (Å²) in [6, 6.07) is 7.63. The lowest BCUT2D eigenvalue weighted by Gasteiger charge is -2.08. The highest BCUT2D eigenvalue weighted by atomic mass is 19.1. The third kappa shape index (κ3) is 3.64. The zero-order valence-electron chi connectivity index (χ0n) is 12.9. The minimum atomic E-state index is -0.410. The fourth-order valence-electron chi connectivity index (χ4n) is 2.33. The predicted octanol–water partition coefficient (Wildman–Crippen LogP) is 2.00. The molecule has 6 heteroatoms. The lowest BCUT2D eigenvalue weighted by atomic mass is 10.1. The summed E-state index contributed by atoms with van der Waals surface area (Å²) in [5.74, 6) is -0.310. The topological polar surface area (TPSA) is 64.0 Å². The maximum absolute atomic E-state index is 13.5. The molecule has 1 saturated carbocycles. The summed E-state index contributed by atoms with van der Waals surface area (Å²) in [6.45, 7) is 2.19. The van der Waals surface area contributed by atoms with Gasteiger partial charge in [-0.05, 0) is 43.5 Å². The molecule has 0 bridgehead atoms. The number of benzene rings is 1. The Hall–Kier alpha value is -2.50. The molecule has 1 aliphatic carbocycles. The van der Waals surface area contributed by atoms with E-state index in [1.165, 1.54) is 16.8 Å². The third-order valence-corrected chi connectivity index (χ3v) is 3.93. The van der Waals surface area contributed by atoms with Crippen molar-refractivity contribution in [2.75, 3.05) is 6.54 Å². The number of hydrogen-bond acceptors (Lipinski definition) is 3. The van der Waals surface area contributed by atoms with Crippen molar-refractivity contribution in [3.05, 3.63) is 63.3 Å². The van der Waals surface area contributed by atoms with Gasteiger partial charge in [0, 0.05) is 24.1 Å². The van der Waals surface area contributed by atoms with Crippen molar-refractivity contribution in [3.63, 3.8) is 0 Å². The molecule has 2 aromatic rings. The maximum Gasteiger partial charge on any atom is 0.266 e. The van der Waals surface area contributed by atoms with Gasteiger partial charge in [-0.15, -0.1) is 0 Å². The van der Waals surface area contributed by atoms with Gasteiger partial charge >= 0.3 is 0 Å². The molecule has 23 heavy (non-hydrogen) atoms. The average Bonchev–Trinajstić information content (AvgIpc) is 3.36. The number of carbonyl (C=O) groups is 1. The number of amides is 1. The number of hydrogen-bond donors (Lipinski definition) is 1. The third-order valence-electron chi connectivity index (χ3n) is 3.93. The van der Waals surface area contributed by atoms with E-state index < -0.39 is 5.82 Å². The molecule has 1 aliphatic rings. The largest absolute Gasteiger partial charge is 0.350 e. The second kappa shape index (κ2) is 6.32. The van der Waals surface area contributed by atoms with E-state index in [1.807, 2.05) is 0 Å². The Balaban J connectivity index is 1.60. The average molecular weight is 315 g/mol. The maximum atomic E-state index is 13.5. The highest BCUT2D eigenvalue weighted by Gasteiger charge is 2.25. The van der Waals surface area contributed by atoms with Gasteiger partial charge in [0.2, 0.25) is 0 Å². The van der Waals surface area contributed by atoms with Crippen LogP contribution in [0.5, 0.6) is 0 Å². The van der Waals surface area contributed by atoms with Crippen molar-refractivity contribution in [2.24, 2.45) is 0 Å². The second-order valence-corrected chi connectivity index (χ2v) is 5.81. The molecule has 0 unspecified atom stereocenters. The van der Waals surface area contributed by atoms with Crippen LogP contribution >= 0.6 is 0 Å². The van der Waals surface area contributed by atoms with Crippen LogP contribution in [0, 0.1) is 12.7 Å². The first kappa shape index (κ1) is 15.4. The highest BCUT2D eigenvalue weighted by Crippen LogP contribution is 2.38. The van der Waals surface area contributed by atoms with Crippen LogP contribution < -0.4 is 10.9 Å². The summed E-state index contributed by atoms with van der Waals surface area (Å²) < 4.78 is 14.8. The molecule has 1 heterocycles. The molecule has 1 fully saturated rings. The second-order valence-electron chi connectivity index (χ2n) is 5.81. The van der Waals surface area contributed by atoms with Gasteiger partial charge in [0.1, 0.15) is 5.82 Å². The lowest BCUT2D eigenvalue weighted by molar-refractivity contribution is 0.0951. The Morgan fingerprint density at radius 3 is 2.83 bits per heavy atom. The van der Waals surface area contributed by atoms with Crippen LogP contribution in [0.25, 0.3) is 0 Å². The normalized spacial score (nSPS) is 13.8. The van der Waals surface area contributed by atoms with Crippen LogP contribution in [0.4, 0.5) is 4.39 Å². The summed E-state index contributed by atoms with van der Waals surface area (Å²) in [7, 11) is 0. The molecule has 1 N–H and O–H groups in total. The summed E-state index contributed by atoms with van der Waals surface area (Å²) in [5.41, 5.74) is 1.50. The number of halogens is 1. The molecular formula is C17H18FN3O2. The molecule has 0 saturated heterocycles. The van der Waals surface area contributed by atoms with E-state index in [0.717, 1.165) is 18.5 Å². The first-order chi connectivity index (χ1) is 11.0. The molecular weight excluding hydrogens is 297 g/mol. The van der Waals surface area contributed by atoms with Gasteiger partial charge in [0.05, 0.1) is 12.2 Å². The van der Waals surface area contributed by atoms with Gasteiger partial charge in [-0.2, -0.15) is 5.10 Å². The first-order valence-electron chi connectivity index (χ1n) is 7.67. The van der Waals surface area contributed by atoms with Crippen molar-refractivity contribution in [1.29, 1.82) is 0 Å². The number of nitrogens with zero attached hydrogens (tertiary/aromatic N) is 2. The molecule has 120 valence electrons. The molecule has 1 aromatic heterocycles. The summed E-state index contributed by atoms with van der Waals surface area (Å²) in [5, 5.41) is 7.00. The Morgan fingerprint density at radius 1 is 1.35 bits per heavy atom.